The summed E-state index contributed by atoms with van der Waals surface area (Å²) in [5, 5.41) is 27.7. The molecular weight excluding hydrogens is 460 g/mol. The van der Waals surface area contributed by atoms with Crippen molar-refractivity contribution < 1.29 is 10.2 Å². The van der Waals surface area contributed by atoms with Gasteiger partial charge in [0, 0.05) is 15.6 Å². The molecule has 1 unspecified atom stereocenters. The van der Waals surface area contributed by atoms with E-state index in [-0.39, 0.29) is 11.5 Å². The third-order valence-corrected chi connectivity index (χ3v) is 6.56. The monoisotopic (exact) mass is 476 g/mol. The van der Waals surface area contributed by atoms with Gasteiger partial charge in [0.15, 0.2) is 5.13 Å². The highest BCUT2D eigenvalue weighted by Crippen LogP contribution is 2.42. The van der Waals surface area contributed by atoms with E-state index in [1.165, 1.54) is 0 Å². The first kappa shape index (κ1) is 18.9. The second kappa shape index (κ2) is 7.63. The van der Waals surface area contributed by atoms with Crippen molar-refractivity contribution in [3.8, 4) is 11.5 Å². The van der Waals surface area contributed by atoms with Crippen molar-refractivity contribution in [2.45, 2.75) is 6.04 Å². The Morgan fingerprint density at radius 1 is 0.867 bits per heavy atom. The van der Waals surface area contributed by atoms with E-state index < -0.39 is 6.04 Å². The predicted molar refractivity (Wildman–Crippen MR) is 127 cm³/mol. The molecule has 0 bridgehead atoms. The zero-order valence-electron chi connectivity index (χ0n) is 15.7. The van der Waals surface area contributed by atoms with Gasteiger partial charge in [-0.2, -0.15) is 0 Å². The molecule has 5 rings (SSSR count). The summed E-state index contributed by atoms with van der Waals surface area (Å²) in [6.45, 7) is 0. The van der Waals surface area contributed by atoms with Crippen LogP contribution >= 0.6 is 27.3 Å². The van der Waals surface area contributed by atoms with Gasteiger partial charge in [0.05, 0.1) is 16.3 Å². The van der Waals surface area contributed by atoms with Gasteiger partial charge in [-0.15, -0.1) is 0 Å². The zero-order valence-corrected chi connectivity index (χ0v) is 18.1. The largest absolute Gasteiger partial charge is 0.508 e. The number of benzene rings is 4. The Morgan fingerprint density at radius 3 is 2.50 bits per heavy atom. The van der Waals surface area contributed by atoms with Gasteiger partial charge in [-0.3, -0.25) is 0 Å². The molecule has 0 aliphatic heterocycles. The molecule has 148 valence electrons. The number of hydrogen-bond donors (Lipinski definition) is 3. The van der Waals surface area contributed by atoms with E-state index in [0.29, 0.717) is 11.1 Å². The van der Waals surface area contributed by atoms with E-state index in [4.69, 9.17) is 4.98 Å². The number of halogens is 1. The number of para-hydroxylation sites is 1. The van der Waals surface area contributed by atoms with E-state index in [2.05, 4.69) is 21.2 Å². The van der Waals surface area contributed by atoms with Gasteiger partial charge < -0.3 is 15.5 Å². The summed E-state index contributed by atoms with van der Waals surface area (Å²) >= 11 is 4.95. The minimum atomic E-state index is -0.496. The van der Waals surface area contributed by atoms with Gasteiger partial charge in [0.1, 0.15) is 11.5 Å². The number of phenols is 2. The molecule has 4 aromatic carbocycles. The number of hydrogen-bond acceptors (Lipinski definition) is 5. The maximum absolute atomic E-state index is 10.9. The maximum atomic E-state index is 10.9. The lowest BCUT2D eigenvalue weighted by molar-refractivity contribution is 0.458. The molecule has 0 aliphatic carbocycles. The lowest BCUT2D eigenvalue weighted by Crippen LogP contribution is -2.13. The molecule has 6 heteroatoms. The first-order valence-corrected chi connectivity index (χ1v) is 11.0. The highest BCUT2D eigenvalue weighted by molar-refractivity contribution is 9.10. The van der Waals surface area contributed by atoms with E-state index in [9.17, 15) is 10.2 Å². The maximum Gasteiger partial charge on any atom is 0.184 e. The van der Waals surface area contributed by atoms with Crippen LogP contribution in [0, 0.1) is 0 Å². The molecule has 5 aromatic rings. The van der Waals surface area contributed by atoms with Crippen LogP contribution < -0.4 is 5.32 Å². The first-order chi connectivity index (χ1) is 14.6. The molecule has 0 radical (unpaired) electrons. The summed E-state index contributed by atoms with van der Waals surface area (Å²) in [6.07, 6.45) is 0. The molecule has 30 heavy (non-hydrogen) atoms. The van der Waals surface area contributed by atoms with Gasteiger partial charge in [-0.25, -0.2) is 4.98 Å². The minimum absolute atomic E-state index is 0.135. The Balaban J connectivity index is 1.72. The third kappa shape index (κ3) is 3.38. The number of nitrogens with zero attached hydrogens (tertiary/aromatic N) is 1. The lowest BCUT2D eigenvalue weighted by atomic mass is 9.92. The SMILES string of the molecule is Oc1cc(Br)ccc1C(Nc1nc2ccccc2s1)c1c(O)ccc2ccccc12. The van der Waals surface area contributed by atoms with Crippen molar-refractivity contribution in [3.63, 3.8) is 0 Å². The van der Waals surface area contributed by atoms with E-state index in [1.807, 2.05) is 66.7 Å². The number of nitrogens with one attached hydrogen (secondary N) is 1. The number of aromatic nitrogens is 1. The molecule has 1 heterocycles. The second-order valence-corrected chi connectivity index (χ2v) is 8.93. The van der Waals surface area contributed by atoms with Crippen LogP contribution in [0.4, 0.5) is 5.13 Å². The normalized spacial score (nSPS) is 12.3. The fraction of sp³-hybridized carbons (Fsp3) is 0.0417. The molecule has 4 nitrogen and oxygen atoms in total. The number of phenolic OH excluding ortho intramolecular Hbond substituents is 2. The molecule has 0 saturated carbocycles. The quantitative estimate of drug-likeness (QED) is 0.266. The number of thiazole rings is 1. The summed E-state index contributed by atoms with van der Waals surface area (Å²) in [5.41, 5.74) is 2.26. The molecule has 3 N–H and O–H groups in total. The van der Waals surface area contributed by atoms with Crippen LogP contribution in [-0.2, 0) is 0 Å². The van der Waals surface area contributed by atoms with Crippen molar-refractivity contribution in [1.82, 2.24) is 4.98 Å². The summed E-state index contributed by atoms with van der Waals surface area (Å²) in [7, 11) is 0. The summed E-state index contributed by atoms with van der Waals surface area (Å²) in [5.74, 6) is 0.296. The minimum Gasteiger partial charge on any atom is -0.508 e. The van der Waals surface area contributed by atoms with E-state index in [1.54, 1.807) is 23.5 Å². The van der Waals surface area contributed by atoms with Crippen LogP contribution in [0.2, 0.25) is 0 Å². The van der Waals surface area contributed by atoms with Crippen LogP contribution in [0.25, 0.3) is 21.0 Å². The molecule has 0 fully saturated rings. The Morgan fingerprint density at radius 2 is 1.67 bits per heavy atom. The Labute approximate surface area is 185 Å². The molecule has 0 aliphatic rings. The molecule has 0 saturated heterocycles. The fourth-order valence-electron chi connectivity index (χ4n) is 3.71. The Kier molecular flexibility index (Phi) is 4.81. The van der Waals surface area contributed by atoms with Gasteiger partial charge >= 0.3 is 0 Å². The molecular formula is C24H17BrN2O2S. The van der Waals surface area contributed by atoms with Gasteiger partial charge in [0.2, 0.25) is 0 Å². The highest BCUT2D eigenvalue weighted by atomic mass is 79.9. The molecule has 0 amide bonds. The van der Waals surface area contributed by atoms with Crippen LogP contribution in [0.5, 0.6) is 11.5 Å². The second-order valence-electron chi connectivity index (χ2n) is 6.99. The highest BCUT2D eigenvalue weighted by Gasteiger charge is 2.24. The van der Waals surface area contributed by atoms with Crippen molar-refractivity contribution in [1.29, 1.82) is 0 Å². The van der Waals surface area contributed by atoms with Crippen LogP contribution in [-0.4, -0.2) is 15.2 Å². The smallest absolute Gasteiger partial charge is 0.184 e. The fourth-order valence-corrected chi connectivity index (χ4v) is 4.95. The standard InChI is InChI=1S/C24H17BrN2O2S/c25-15-10-11-17(20(29)13-15)23(27-24-26-18-7-3-4-8-21(18)30-24)22-16-6-2-1-5-14(16)9-12-19(22)28/h1-13,23,28-29H,(H,26,27). The van der Waals surface area contributed by atoms with Crippen LogP contribution in [0.3, 0.4) is 0 Å². The van der Waals surface area contributed by atoms with Gasteiger partial charge in [-0.05, 0) is 41.1 Å². The van der Waals surface area contributed by atoms with Crippen molar-refractivity contribution in [2.24, 2.45) is 0 Å². The van der Waals surface area contributed by atoms with Crippen LogP contribution in [0.15, 0.2) is 83.3 Å². The number of fused-ring (bicyclic) bond motifs is 2. The molecule has 1 aromatic heterocycles. The summed E-state index contributed by atoms with van der Waals surface area (Å²) in [6, 6.07) is 24.3. The van der Waals surface area contributed by atoms with Gasteiger partial charge in [0.25, 0.3) is 0 Å². The topological polar surface area (TPSA) is 65.4 Å². The van der Waals surface area contributed by atoms with Crippen molar-refractivity contribution in [2.75, 3.05) is 5.32 Å². The van der Waals surface area contributed by atoms with Crippen molar-refractivity contribution in [3.05, 3.63) is 94.5 Å². The zero-order chi connectivity index (χ0) is 20.7. The summed E-state index contributed by atoms with van der Waals surface area (Å²) < 4.78 is 1.85. The molecule has 0 spiro atoms. The number of anilines is 1. The molecule has 1 atom stereocenters. The average molecular weight is 477 g/mol. The number of rotatable bonds is 4. The van der Waals surface area contributed by atoms with Crippen molar-refractivity contribution >= 4 is 53.4 Å². The lowest BCUT2D eigenvalue weighted by Gasteiger charge is -2.23. The van der Waals surface area contributed by atoms with Crippen LogP contribution in [0.1, 0.15) is 17.2 Å². The van der Waals surface area contributed by atoms with E-state index >= 15 is 0 Å². The predicted octanol–water partition coefficient (Wildman–Crippen LogP) is 6.82. The Hall–Kier alpha value is -3.09. The number of aromatic hydroxyl groups is 2. The summed E-state index contributed by atoms with van der Waals surface area (Å²) in [4.78, 5) is 4.70. The van der Waals surface area contributed by atoms with E-state index in [0.717, 1.165) is 30.6 Å². The third-order valence-electron chi connectivity index (χ3n) is 5.10. The van der Waals surface area contributed by atoms with Gasteiger partial charge in [-0.1, -0.05) is 75.8 Å². The Bertz CT molecular complexity index is 1350. The first-order valence-electron chi connectivity index (χ1n) is 9.41. The average Bonchev–Trinajstić information content (AvgIpc) is 3.15.